The number of ether oxygens (including phenoxy) is 1. The van der Waals surface area contributed by atoms with Crippen LogP contribution >= 0.6 is 15.9 Å². The van der Waals surface area contributed by atoms with E-state index in [0.29, 0.717) is 0 Å². The molecule has 1 unspecified atom stereocenters. The molecule has 0 aliphatic rings. The van der Waals surface area contributed by atoms with Crippen molar-refractivity contribution in [3.05, 3.63) is 39.4 Å². The number of halogens is 1. The van der Waals surface area contributed by atoms with Crippen LogP contribution in [-0.4, -0.2) is 18.0 Å². The minimum absolute atomic E-state index is 0.0158. The molecular formula is C10H10BrNO4. The van der Waals surface area contributed by atoms with Crippen molar-refractivity contribution in [2.75, 3.05) is 7.11 Å². The summed E-state index contributed by atoms with van der Waals surface area (Å²) in [5, 5.41) is 10.8. The molecule has 0 saturated heterocycles. The molecule has 0 saturated carbocycles. The summed E-state index contributed by atoms with van der Waals surface area (Å²) < 4.78 is 4.47. The lowest BCUT2D eigenvalue weighted by molar-refractivity contribution is -0.385. The number of hydrogen-bond acceptors (Lipinski definition) is 4. The van der Waals surface area contributed by atoms with Gasteiger partial charge in [-0.2, -0.15) is 0 Å². The van der Waals surface area contributed by atoms with E-state index < -0.39 is 10.9 Å². The Balaban J connectivity index is 3.30. The molecule has 16 heavy (non-hydrogen) atoms. The van der Waals surface area contributed by atoms with Crippen molar-refractivity contribution in [1.82, 2.24) is 0 Å². The zero-order chi connectivity index (χ0) is 12.3. The Morgan fingerprint density at radius 1 is 1.56 bits per heavy atom. The van der Waals surface area contributed by atoms with E-state index in [2.05, 4.69) is 20.7 Å². The summed E-state index contributed by atoms with van der Waals surface area (Å²) in [5.74, 6) is -0.708. The van der Waals surface area contributed by atoms with Crippen molar-refractivity contribution in [3.63, 3.8) is 0 Å². The van der Waals surface area contributed by atoms with Gasteiger partial charge in [0.15, 0.2) is 0 Å². The van der Waals surface area contributed by atoms with Gasteiger partial charge in [-0.05, 0) is 18.6 Å². The van der Waals surface area contributed by atoms with Gasteiger partial charge in [0.1, 0.15) is 5.56 Å². The highest BCUT2D eigenvalue weighted by Gasteiger charge is 2.21. The molecule has 1 aromatic rings. The Bertz CT molecular complexity index is 431. The van der Waals surface area contributed by atoms with Gasteiger partial charge in [0, 0.05) is 10.9 Å². The summed E-state index contributed by atoms with van der Waals surface area (Å²) in [7, 11) is 1.19. The monoisotopic (exact) mass is 287 g/mol. The highest BCUT2D eigenvalue weighted by atomic mass is 79.9. The van der Waals surface area contributed by atoms with Crippen LogP contribution < -0.4 is 0 Å². The second kappa shape index (κ2) is 5.07. The lowest BCUT2D eigenvalue weighted by Gasteiger charge is -2.06. The maximum Gasteiger partial charge on any atom is 0.344 e. The van der Waals surface area contributed by atoms with E-state index >= 15 is 0 Å². The fourth-order valence-corrected chi connectivity index (χ4v) is 1.51. The second-order valence-electron chi connectivity index (χ2n) is 3.14. The molecule has 0 heterocycles. The van der Waals surface area contributed by atoms with Gasteiger partial charge in [-0.1, -0.05) is 22.0 Å². The molecule has 0 aromatic heterocycles. The normalized spacial score (nSPS) is 11.9. The van der Waals surface area contributed by atoms with Gasteiger partial charge < -0.3 is 4.74 Å². The van der Waals surface area contributed by atoms with Crippen LogP contribution in [-0.2, 0) is 4.74 Å². The Kier molecular flexibility index (Phi) is 4.00. The van der Waals surface area contributed by atoms with Gasteiger partial charge in [-0.25, -0.2) is 4.79 Å². The average Bonchev–Trinajstić information content (AvgIpc) is 2.26. The third-order valence-corrected chi connectivity index (χ3v) is 2.61. The minimum Gasteiger partial charge on any atom is -0.465 e. The lowest BCUT2D eigenvalue weighted by Crippen LogP contribution is -2.06. The quantitative estimate of drug-likeness (QED) is 0.371. The maximum absolute atomic E-state index is 11.3. The van der Waals surface area contributed by atoms with Crippen molar-refractivity contribution >= 4 is 27.6 Å². The van der Waals surface area contributed by atoms with Gasteiger partial charge in [-0.3, -0.25) is 10.1 Å². The average molecular weight is 288 g/mol. The molecule has 0 N–H and O–H groups in total. The molecule has 0 amide bonds. The molecular weight excluding hydrogens is 278 g/mol. The smallest absolute Gasteiger partial charge is 0.344 e. The minimum atomic E-state index is -0.708. The summed E-state index contributed by atoms with van der Waals surface area (Å²) in [4.78, 5) is 21.5. The van der Waals surface area contributed by atoms with Gasteiger partial charge in [0.25, 0.3) is 5.69 Å². The third-order valence-electron chi connectivity index (χ3n) is 2.08. The zero-order valence-electron chi connectivity index (χ0n) is 8.77. The van der Waals surface area contributed by atoms with Gasteiger partial charge in [0.05, 0.1) is 12.0 Å². The number of hydrogen-bond donors (Lipinski definition) is 0. The number of esters is 1. The van der Waals surface area contributed by atoms with E-state index in [9.17, 15) is 14.9 Å². The van der Waals surface area contributed by atoms with Crippen molar-refractivity contribution < 1.29 is 14.5 Å². The first kappa shape index (κ1) is 12.6. The van der Waals surface area contributed by atoms with Crippen LogP contribution in [0.25, 0.3) is 0 Å². The Hall–Kier alpha value is -1.43. The topological polar surface area (TPSA) is 69.4 Å². The predicted molar refractivity (Wildman–Crippen MR) is 61.8 cm³/mol. The molecule has 1 atom stereocenters. The van der Waals surface area contributed by atoms with Crippen molar-refractivity contribution in [2.45, 2.75) is 11.8 Å². The van der Waals surface area contributed by atoms with Crippen LogP contribution in [0.15, 0.2) is 18.2 Å². The summed E-state index contributed by atoms with van der Waals surface area (Å²) in [6.45, 7) is 1.84. The summed E-state index contributed by atoms with van der Waals surface area (Å²) in [6.07, 6.45) is 0. The van der Waals surface area contributed by atoms with E-state index in [1.54, 1.807) is 6.07 Å². The number of carbonyl (C=O) groups excluding carboxylic acids is 1. The Labute approximate surface area is 101 Å². The van der Waals surface area contributed by atoms with E-state index in [1.807, 2.05) is 6.92 Å². The van der Waals surface area contributed by atoms with Gasteiger partial charge in [0.2, 0.25) is 0 Å². The fourth-order valence-electron chi connectivity index (χ4n) is 1.23. The maximum atomic E-state index is 11.3. The molecule has 1 rings (SSSR count). The molecule has 1 aromatic carbocycles. The predicted octanol–water partition coefficient (Wildman–Crippen LogP) is 2.84. The molecule has 0 bridgehead atoms. The molecule has 0 radical (unpaired) electrons. The molecule has 0 spiro atoms. The second-order valence-corrected chi connectivity index (χ2v) is 4.51. The van der Waals surface area contributed by atoms with Crippen LogP contribution in [0.5, 0.6) is 0 Å². The number of methoxy groups -OCH3 is 1. The third kappa shape index (κ3) is 2.57. The van der Waals surface area contributed by atoms with E-state index in [1.165, 1.54) is 19.2 Å². The highest BCUT2D eigenvalue weighted by Crippen LogP contribution is 2.28. The first-order valence-electron chi connectivity index (χ1n) is 4.48. The summed E-state index contributed by atoms with van der Waals surface area (Å²) >= 11 is 3.31. The van der Waals surface area contributed by atoms with Crippen molar-refractivity contribution in [3.8, 4) is 0 Å². The van der Waals surface area contributed by atoms with Gasteiger partial charge >= 0.3 is 5.97 Å². The number of rotatable bonds is 3. The largest absolute Gasteiger partial charge is 0.465 e. The lowest BCUT2D eigenvalue weighted by atomic mass is 10.1. The Morgan fingerprint density at radius 3 is 2.62 bits per heavy atom. The van der Waals surface area contributed by atoms with E-state index in [4.69, 9.17) is 0 Å². The molecule has 86 valence electrons. The van der Waals surface area contributed by atoms with Crippen LogP contribution in [0.4, 0.5) is 5.69 Å². The van der Waals surface area contributed by atoms with Crippen LogP contribution in [0.3, 0.4) is 0 Å². The highest BCUT2D eigenvalue weighted by molar-refractivity contribution is 9.09. The summed E-state index contributed by atoms with van der Waals surface area (Å²) in [5.41, 5.74) is 0.458. The molecule has 5 nitrogen and oxygen atoms in total. The van der Waals surface area contributed by atoms with Gasteiger partial charge in [-0.15, -0.1) is 0 Å². The number of nitro groups is 1. The molecule has 6 heteroatoms. The number of benzene rings is 1. The fraction of sp³-hybridized carbons (Fsp3) is 0.300. The SMILES string of the molecule is COC(=O)c1ccc(C(C)Br)cc1[N+](=O)[O-]. The molecule has 0 aliphatic carbocycles. The van der Waals surface area contributed by atoms with Crippen molar-refractivity contribution in [1.29, 1.82) is 0 Å². The standard InChI is InChI=1S/C10H10BrNO4/c1-6(11)7-3-4-8(10(13)16-2)9(5-7)12(14)15/h3-6H,1-2H3. The van der Waals surface area contributed by atoms with Crippen LogP contribution in [0.2, 0.25) is 0 Å². The van der Waals surface area contributed by atoms with Crippen molar-refractivity contribution in [2.24, 2.45) is 0 Å². The van der Waals surface area contributed by atoms with Crippen LogP contribution in [0.1, 0.15) is 27.7 Å². The molecule has 0 aliphatic heterocycles. The van der Waals surface area contributed by atoms with E-state index in [0.717, 1.165) is 5.56 Å². The number of nitrogens with zero attached hydrogens (tertiary/aromatic N) is 1. The zero-order valence-corrected chi connectivity index (χ0v) is 10.4. The van der Waals surface area contributed by atoms with E-state index in [-0.39, 0.29) is 16.1 Å². The molecule has 0 fully saturated rings. The Morgan fingerprint density at radius 2 is 2.19 bits per heavy atom. The number of alkyl halides is 1. The first-order valence-corrected chi connectivity index (χ1v) is 5.39. The first-order chi connectivity index (χ1) is 7.47. The number of carbonyl (C=O) groups is 1. The van der Waals surface area contributed by atoms with Crippen LogP contribution in [0, 0.1) is 10.1 Å². The number of nitro benzene ring substituents is 1. The summed E-state index contributed by atoms with van der Waals surface area (Å²) in [6, 6.07) is 4.42.